The van der Waals surface area contributed by atoms with Gasteiger partial charge in [-0.25, -0.2) is 0 Å². The van der Waals surface area contributed by atoms with Crippen LogP contribution < -0.4 is 15.4 Å². The zero-order chi connectivity index (χ0) is 19.0. The second-order valence-corrected chi connectivity index (χ2v) is 6.47. The maximum atomic E-state index is 10.7. The number of aromatic nitrogens is 6. The highest BCUT2D eigenvalue weighted by Crippen LogP contribution is 2.26. The fourth-order valence-corrected chi connectivity index (χ4v) is 3.31. The minimum atomic E-state index is -0.819. The standard InChI is InChI=1S/C17H22N8O2/c1-23-13(4-5-19-23)16(26)12-8-11-10-24(6-3-7-25(11)22-12)14-9-15(27-2)21-17(18)20-14/h4-5,8-9,16,26H,3,6-7,10H2,1-2H3,(H2,18,20,21). The van der Waals surface area contributed by atoms with Crippen molar-refractivity contribution in [2.75, 3.05) is 24.3 Å². The highest BCUT2D eigenvalue weighted by molar-refractivity contribution is 5.46. The van der Waals surface area contributed by atoms with Crippen molar-refractivity contribution in [3.8, 4) is 5.88 Å². The van der Waals surface area contributed by atoms with Crippen LogP contribution in [0.4, 0.5) is 11.8 Å². The second-order valence-electron chi connectivity index (χ2n) is 6.47. The van der Waals surface area contributed by atoms with Gasteiger partial charge in [-0.1, -0.05) is 0 Å². The van der Waals surface area contributed by atoms with Crippen molar-refractivity contribution in [3.05, 3.63) is 41.5 Å². The molecule has 4 rings (SSSR count). The van der Waals surface area contributed by atoms with Crippen molar-refractivity contribution in [2.24, 2.45) is 7.05 Å². The lowest BCUT2D eigenvalue weighted by molar-refractivity contribution is 0.203. The van der Waals surface area contributed by atoms with Crippen LogP contribution in [0.15, 0.2) is 24.4 Å². The summed E-state index contributed by atoms with van der Waals surface area (Å²) < 4.78 is 8.79. The Labute approximate surface area is 156 Å². The lowest BCUT2D eigenvalue weighted by Gasteiger charge is -2.21. The van der Waals surface area contributed by atoms with Gasteiger partial charge in [0, 0.05) is 32.4 Å². The Kier molecular flexibility index (Phi) is 4.40. The number of aryl methyl sites for hydroxylation is 2. The third kappa shape index (κ3) is 3.31. The number of hydrogen-bond donors (Lipinski definition) is 2. The first-order valence-corrected chi connectivity index (χ1v) is 8.71. The highest BCUT2D eigenvalue weighted by atomic mass is 16.5. The molecule has 0 saturated heterocycles. The number of fused-ring (bicyclic) bond motifs is 1. The van der Waals surface area contributed by atoms with Gasteiger partial charge in [-0.2, -0.15) is 20.2 Å². The van der Waals surface area contributed by atoms with Crippen LogP contribution in [0.1, 0.15) is 29.6 Å². The molecule has 0 radical (unpaired) electrons. The van der Waals surface area contributed by atoms with E-state index in [1.807, 2.05) is 10.7 Å². The molecular weight excluding hydrogens is 348 g/mol. The molecule has 10 heteroatoms. The van der Waals surface area contributed by atoms with Crippen LogP contribution in [0.5, 0.6) is 5.88 Å². The Hall–Kier alpha value is -3.14. The minimum absolute atomic E-state index is 0.175. The number of ether oxygens (including phenoxy) is 1. The van der Waals surface area contributed by atoms with Crippen molar-refractivity contribution < 1.29 is 9.84 Å². The monoisotopic (exact) mass is 370 g/mol. The topological polar surface area (TPSA) is 120 Å². The smallest absolute Gasteiger partial charge is 0.225 e. The van der Waals surface area contributed by atoms with Crippen molar-refractivity contribution in [1.82, 2.24) is 29.5 Å². The number of nitrogens with two attached hydrogens (primary N) is 1. The van der Waals surface area contributed by atoms with Crippen LogP contribution in [-0.2, 0) is 20.1 Å². The first-order chi connectivity index (χ1) is 13.0. The molecule has 0 aromatic carbocycles. The average Bonchev–Trinajstić information content (AvgIpc) is 3.21. The fourth-order valence-electron chi connectivity index (χ4n) is 3.31. The summed E-state index contributed by atoms with van der Waals surface area (Å²) in [7, 11) is 3.35. The first kappa shape index (κ1) is 17.3. The third-order valence-electron chi connectivity index (χ3n) is 4.69. The first-order valence-electron chi connectivity index (χ1n) is 8.71. The Balaban J connectivity index is 1.62. The highest BCUT2D eigenvalue weighted by Gasteiger charge is 2.23. The van der Waals surface area contributed by atoms with Gasteiger partial charge in [0.05, 0.1) is 30.7 Å². The molecule has 3 aromatic heterocycles. The van der Waals surface area contributed by atoms with Gasteiger partial charge in [0.1, 0.15) is 11.9 Å². The lowest BCUT2D eigenvalue weighted by atomic mass is 10.2. The molecule has 0 saturated carbocycles. The molecular formula is C17H22N8O2. The number of nitrogens with zero attached hydrogens (tertiary/aromatic N) is 7. The predicted molar refractivity (Wildman–Crippen MR) is 98.2 cm³/mol. The van der Waals surface area contributed by atoms with E-state index in [1.54, 1.807) is 37.2 Å². The summed E-state index contributed by atoms with van der Waals surface area (Å²) in [6.45, 7) is 2.18. The van der Waals surface area contributed by atoms with Crippen molar-refractivity contribution in [1.29, 1.82) is 0 Å². The quantitative estimate of drug-likeness (QED) is 0.681. The van der Waals surface area contributed by atoms with Crippen LogP contribution in [0.3, 0.4) is 0 Å². The van der Waals surface area contributed by atoms with E-state index in [2.05, 4.69) is 25.1 Å². The Morgan fingerprint density at radius 3 is 2.85 bits per heavy atom. The van der Waals surface area contributed by atoms with Crippen LogP contribution in [0.2, 0.25) is 0 Å². The van der Waals surface area contributed by atoms with E-state index in [-0.39, 0.29) is 5.95 Å². The van der Waals surface area contributed by atoms with Crippen molar-refractivity contribution in [3.63, 3.8) is 0 Å². The fraction of sp³-hybridized carbons (Fsp3) is 0.412. The summed E-state index contributed by atoms with van der Waals surface area (Å²) >= 11 is 0. The Morgan fingerprint density at radius 1 is 1.26 bits per heavy atom. The van der Waals surface area contributed by atoms with E-state index in [0.29, 0.717) is 29.6 Å². The van der Waals surface area contributed by atoms with Crippen molar-refractivity contribution in [2.45, 2.75) is 25.6 Å². The number of methoxy groups -OCH3 is 1. The molecule has 142 valence electrons. The molecule has 0 aliphatic carbocycles. The van der Waals surface area contributed by atoms with Gasteiger partial charge in [0.25, 0.3) is 0 Å². The van der Waals surface area contributed by atoms with Gasteiger partial charge in [-0.3, -0.25) is 9.36 Å². The average molecular weight is 370 g/mol. The van der Waals surface area contributed by atoms with Crippen LogP contribution in [0, 0.1) is 0 Å². The molecule has 3 aromatic rings. The number of nitrogen functional groups attached to an aromatic ring is 1. The van der Waals surface area contributed by atoms with E-state index < -0.39 is 6.10 Å². The molecule has 1 aliphatic rings. The van der Waals surface area contributed by atoms with Gasteiger partial charge < -0.3 is 20.5 Å². The van der Waals surface area contributed by atoms with E-state index in [1.165, 1.54) is 0 Å². The van der Waals surface area contributed by atoms with E-state index >= 15 is 0 Å². The molecule has 1 aliphatic heterocycles. The lowest BCUT2D eigenvalue weighted by Crippen LogP contribution is -2.24. The Morgan fingerprint density at radius 2 is 2.11 bits per heavy atom. The molecule has 1 atom stereocenters. The summed E-state index contributed by atoms with van der Waals surface area (Å²) in [6, 6.07) is 5.49. The van der Waals surface area contributed by atoms with Crippen LogP contribution in [0.25, 0.3) is 0 Å². The number of hydrogen-bond acceptors (Lipinski definition) is 8. The predicted octanol–water partition coefficient (Wildman–Crippen LogP) is 0.489. The number of aliphatic hydroxyl groups is 1. The summed E-state index contributed by atoms with van der Waals surface area (Å²) in [5, 5.41) is 19.4. The molecule has 3 N–H and O–H groups in total. The molecule has 0 fully saturated rings. The van der Waals surface area contributed by atoms with E-state index in [0.717, 1.165) is 25.2 Å². The Bertz CT molecular complexity index is 950. The van der Waals surface area contributed by atoms with Gasteiger partial charge >= 0.3 is 0 Å². The zero-order valence-corrected chi connectivity index (χ0v) is 15.3. The maximum absolute atomic E-state index is 10.7. The van der Waals surface area contributed by atoms with E-state index in [9.17, 15) is 5.11 Å². The van der Waals surface area contributed by atoms with Gasteiger partial charge in [0.2, 0.25) is 11.8 Å². The number of anilines is 2. The largest absolute Gasteiger partial charge is 0.481 e. The summed E-state index contributed by atoms with van der Waals surface area (Å²) in [5.41, 5.74) is 8.11. The van der Waals surface area contributed by atoms with E-state index in [4.69, 9.17) is 10.5 Å². The molecule has 1 unspecified atom stereocenters. The molecule has 0 bridgehead atoms. The van der Waals surface area contributed by atoms with Gasteiger partial charge in [-0.05, 0) is 18.6 Å². The van der Waals surface area contributed by atoms with Crippen molar-refractivity contribution >= 4 is 11.8 Å². The van der Waals surface area contributed by atoms with Gasteiger partial charge in [-0.15, -0.1) is 0 Å². The second kappa shape index (κ2) is 6.88. The molecule has 0 spiro atoms. The molecule has 10 nitrogen and oxygen atoms in total. The third-order valence-corrected chi connectivity index (χ3v) is 4.69. The maximum Gasteiger partial charge on any atom is 0.225 e. The number of aliphatic hydroxyl groups excluding tert-OH is 1. The van der Waals surface area contributed by atoms with Crippen LogP contribution in [-0.4, -0.2) is 48.3 Å². The SMILES string of the molecule is COc1cc(N2CCCn3nc(C(O)c4ccnn4C)cc3C2)nc(N)n1. The normalized spacial score (nSPS) is 15.3. The summed E-state index contributed by atoms with van der Waals surface area (Å²) in [6.07, 6.45) is 1.73. The zero-order valence-electron chi connectivity index (χ0n) is 15.3. The summed E-state index contributed by atoms with van der Waals surface area (Å²) in [5.74, 6) is 1.32. The number of rotatable bonds is 4. The molecule has 4 heterocycles. The minimum Gasteiger partial charge on any atom is -0.481 e. The summed E-state index contributed by atoms with van der Waals surface area (Å²) in [4.78, 5) is 10.5. The van der Waals surface area contributed by atoms with Crippen LogP contribution >= 0.6 is 0 Å². The van der Waals surface area contributed by atoms with Gasteiger partial charge in [0.15, 0.2) is 0 Å². The molecule has 27 heavy (non-hydrogen) atoms. The molecule has 0 amide bonds.